The van der Waals surface area contributed by atoms with Crippen LogP contribution in [0.15, 0.2) is 83.9 Å². The Morgan fingerprint density at radius 2 is 1.63 bits per heavy atom. The number of pyridine rings is 1. The second-order valence-corrected chi connectivity index (χ2v) is 9.63. The topological polar surface area (TPSA) is 84.2 Å². The maximum Gasteiger partial charge on any atom is 0.225 e. The highest BCUT2D eigenvalue weighted by atomic mass is 32.2. The lowest BCUT2D eigenvalue weighted by molar-refractivity contribution is -0.115. The first-order chi connectivity index (χ1) is 18.5. The van der Waals surface area contributed by atoms with Crippen molar-refractivity contribution < 1.29 is 14.3 Å². The van der Waals surface area contributed by atoms with Crippen LogP contribution in [0.1, 0.15) is 24.5 Å². The zero-order chi connectivity index (χ0) is 26.9. The van der Waals surface area contributed by atoms with E-state index in [9.17, 15) is 10.1 Å². The molecule has 0 bridgehead atoms. The Labute approximate surface area is 227 Å². The van der Waals surface area contributed by atoms with E-state index < -0.39 is 0 Å². The van der Waals surface area contributed by atoms with Crippen LogP contribution < -0.4 is 14.8 Å². The van der Waals surface area contributed by atoms with Gasteiger partial charge in [0.25, 0.3) is 0 Å². The number of thioether (sulfide) groups is 1. The number of carbonyl (C=O) groups excluding carboxylic acids is 1. The third kappa shape index (κ3) is 6.72. The first-order valence-corrected chi connectivity index (χ1v) is 13.3. The second-order valence-electron chi connectivity index (χ2n) is 8.55. The molecule has 38 heavy (non-hydrogen) atoms. The monoisotopic (exact) mass is 523 g/mol. The molecule has 0 atom stereocenters. The predicted octanol–water partition coefficient (Wildman–Crippen LogP) is 7.12. The lowest BCUT2D eigenvalue weighted by atomic mass is 9.98. The third-order valence-corrected chi connectivity index (χ3v) is 6.84. The number of benzene rings is 3. The molecule has 1 aromatic heterocycles. The molecule has 1 heterocycles. The van der Waals surface area contributed by atoms with Gasteiger partial charge in [0.15, 0.2) is 0 Å². The molecule has 0 aliphatic rings. The molecule has 7 heteroatoms. The molecule has 0 spiro atoms. The molecule has 0 fully saturated rings. The number of anilines is 1. The van der Waals surface area contributed by atoms with Gasteiger partial charge in [0, 0.05) is 29.0 Å². The summed E-state index contributed by atoms with van der Waals surface area (Å²) in [4.78, 5) is 17.4. The number of rotatable bonds is 10. The molecule has 0 saturated carbocycles. The van der Waals surface area contributed by atoms with Crippen molar-refractivity contribution in [3.8, 4) is 40.0 Å². The van der Waals surface area contributed by atoms with Crippen molar-refractivity contribution in [3.63, 3.8) is 0 Å². The largest absolute Gasteiger partial charge is 0.497 e. The molecule has 0 unspecified atom stereocenters. The standard InChI is InChI=1S/C31H29N3O3S/c1-4-37-26-15-11-24(12-16-26)33-30(35)17-18-38-31-28(20-32)27(22-7-5-21(2)6-8-22)19-29(34-31)23-9-13-25(36-3)14-10-23/h5-16,19H,4,17-18H2,1-3H3,(H,33,35). The fourth-order valence-electron chi connectivity index (χ4n) is 3.87. The molecule has 4 aromatic rings. The van der Waals surface area contributed by atoms with Crippen LogP contribution >= 0.6 is 11.8 Å². The van der Waals surface area contributed by atoms with Gasteiger partial charge in [0.2, 0.25) is 5.91 Å². The Morgan fingerprint density at radius 1 is 0.974 bits per heavy atom. The molecular formula is C31H29N3O3S. The number of aromatic nitrogens is 1. The van der Waals surface area contributed by atoms with Crippen molar-refractivity contribution >= 4 is 23.4 Å². The van der Waals surface area contributed by atoms with Gasteiger partial charge < -0.3 is 14.8 Å². The SMILES string of the molecule is CCOc1ccc(NC(=O)CCSc2nc(-c3ccc(OC)cc3)cc(-c3ccc(C)cc3)c2C#N)cc1. The fourth-order valence-corrected chi connectivity index (χ4v) is 4.81. The normalized spacial score (nSPS) is 10.5. The number of aryl methyl sites for hydroxylation is 1. The van der Waals surface area contributed by atoms with Gasteiger partial charge in [-0.15, -0.1) is 11.8 Å². The Kier molecular flexibility index (Phi) is 9.02. The van der Waals surface area contributed by atoms with E-state index in [1.807, 2.05) is 92.7 Å². The van der Waals surface area contributed by atoms with Gasteiger partial charge in [-0.05, 0) is 74.0 Å². The summed E-state index contributed by atoms with van der Waals surface area (Å²) in [5.41, 5.74) is 5.78. The highest BCUT2D eigenvalue weighted by molar-refractivity contribution is 7.99. The fraction of sp³-hybridized carbons (Fsp3) is 0.194. The van der Waals surface area contributed by atoms with Crippen molar-refractivity contribution in [1.82, 2.24) is 4.98 Å². The predicted molar refractivity (Wildman–Crippen MR) is 153 cm³/mol. The van der Waals surface area contributed by atoms with Crippen molar-refractivity contribution in [2.24, 2.45) is 0 Å². The van der Waals surface area contributed by atoms with Gasteiger partial charge in [-0.25, -0.2) is 4.98 Å². The van der Waals surface area contributed by atoms with E-state index in [2.05, 4.69) is 11.4 Å². The molecule has 1 amide bonds. The third-order valence-electron chi connectivity index (χ3n) is 5.86. The minimum absolute atomic E-state index is 0.106. The number of nitrogens with one attached hydrogen (secondary N) is 1. The van der Waals surface area contributed by atoms with Gasteiger partial charge in [-0.1, -0.05) is 29.8 Å². The van der Waals surface area contributed by atoms with Crippen LogP contribution in [0.5, 0.6) is 11.5 Å². The summed E-state index contributed by atoms with van der Waals surface area (Å²) in [7, 11) is 1.63. The van der Waals surface area contributed by atoms with E-state index in [0.29, 0.717) is 28.6 Å². The maximum absolute atomic E-state index is 12.6. The number of hydrogen-bond donors (Lipinski definition) is 1. The summed E-state index contributed by atoms with van der Waals surface area (Å²) in [6, 6.07) is 27.4. The summed E-state index contributed by atoms with van der Waals surface area (Å²) in [5, 5.41) is 13.6. The maximum atomic E-state index is 12.6. The summed E-state index contributed by atoms with van der Waals surface area (Å²) in [6.45, 7) is 4.55. The molecule has 0 radical (unpaired) electrons. The molecule has 6 nitrogen and oxygen atoms in total. The van der Waals surface area contributed by atoms with Crippen molar-refractivity contribution in [1.29, 1.82) is 5.26 Å². The molecule has 3 aromatic carbocycles. The van der Waals surface area contributed by atoms with Crippen LogP contribution in [0.2, 0.25) is 0 Å². The molecule has 4 rings (SSSR count). The van der Waals surface area contributed by atoms with Crippen molar-refractivity contribution in [2.75, 3.05) is 24.8 Å². The molecule has 0 saturated heterocycles. The Hall–Kier alpha value is -4.28. The summed E-state index contributed by atoms with van der Waals surface area (Å²) < 4.78 is 10.7. The van der Waals surface area contributed by atoms with E-state index in [1.54, 1.807) is 7.11 Å². The quantitative estimate of drug-likeness (QED) is 0.223. The minimum atomic E-state index is -0.106. The van der Waals surface area contributed by atoms with E-state index >= 15 is 0 Å². The van der Waals surface area contributed by atoms with E-state index in [0.717, 1.165) is 39.4 Å². The molecule has 0 aliphatic heterocycles. The summed E-state index contributed by atoms with van der Waals surface area (Å²) in [5.74, 6) is 1.89. The summed E-state index contributed by atoms with van der Waals surface area (Å²) >= 11 is 1.41. The van der Waals surface area contributed by atoms with E-state index in [-0.39, 0.29) is 12.3 Å². The lowest BCUT2D eigenvalue weighted by Crippen LogP contribution is -2.12. The smallest absolute Gasteiger partial charge is 0.225 e. The Bertz CT molecular complexity index is 1430. The number of ether oxygens (including phenoxy) is 2. The average Bonchev–Trinajstić information content (AvgIpc) is 2.94. The van der Waals surface area contributed by atoms with Crippen LogP contribution in [0.25, 0.3) is 22.4 Å². The Balaban J connectivity index is 1.56. The number of methoxy groups -OCH3 is 1. The van der Waals surface area contributed by atoms with Crippen LogP contribution in [0.3, 0.4) is 0 Å². The number of amides is 1. The summed E-state index contributed by atoms with van der Waals surface area (Å²) in [6.07, 6.45) is 0.275. The second kappa shape index (κ2) is 12.8. The van der Waals surface area contributed by atoms with Crippen LogP contribution in [-0.4, -0.2) is 30.4 Å². The number of nitriles is 1. The minimum Gasteiger partial charge on any atom is -0.497 e. The first kappa shape index (κ1) is 26.8. The molecular weight excluding hydrogens is 494 g/mol. The number of nitrogens with zero attached hydrogens (tertiary/aromatic N) is 2. The van der Waals surface area contributed by atoms with Crippen LogP contribution in [-0.2, 0) is 4.79 Å². The van der Waals surface area contributed by atoms with Crippen molar-refractivity contribution in [2.45, 2.75) is 25.3 Å². The molecule has 1 N–H and O–H groups in total. The zero-order valence-corrected chi connectivity index (χ0v) is 22.5. The Morgan fingerprint density at radius 3 is 2.26 bits per heavy atom. The highest BCUT2D eigenvalue weighted by Gasteiger charge is 2.17. The molecule has 192 valence electrons. The average molecular weight is 524 g/mol. The van der Waals surface area contributed by atoms with E-state index in [4.69, 9.17) is 14.5 Å². The first-order valence-electron chi connectivity index (χ1n) is 12.3. The molecule has 0 aliphatic carbocycles. The van der Waals surface area contributed by atoms with Gasteiger partial charge in [0.1, 0.15) is 22.6 Å². The van der Waals surface area contributed by atoms with Crippen LogP contribution in [0, 0.1) is 18.3 Å². The van der Waals surface area contributed by atoms with Gasteiger partial charge >= 0.3 is 0 Å². The zero-order valence-electron chi connectivity index (χ0n) is 21.7. The number of carbonyl (C=O) groups is 1. The van der Waals surface area contributed by atoms with Crippen molar-refractivity contribution in [3.05, 3.63) is 90.0 Å². The van der Waals surface area contributed by atoms with E-state index in [1.165, 1.54) is 11.8 Å². The van der Waals surface area contributed by atoms with Gasteiger partial charge in [0.05, 0.1) is 25.0 Å². The number of hydrogen-bond acceptors (Lipinski definition) is 6. The van der Waals surface area contributed by atoms with Crippen LogP contribution in [0.4, 0.5) is 5.69 Å². The van der Waals surface area contributed by atoms with Gasteiger partial charge in [-0.2, -0.15) is 5.26 Å². The highest BCUT2D eigenvalue weighted by Crippen LogP contribution is 2.35. The lowest BCUT2D eigenvalue weighted by Gasteiger charge is -2.13. The van der Waals surface area contributed by atoms with Gasteiger partial charge in [-0.3, -0.25) is 4.79 Å².